The summed E-state index contributed by atoms with van der Waals surface area (Å²) in [6.07, 6.45) is 9.91. The second-order valence-corrected chi connectivity index (χ2v) is 12.1. The van der Waals surface area contributed by atoms with E-state index in [-0.39, 0.29) is 21.7 Å². The standard InChI is InChI=1S/C25H33FN4O2S/c1-25(2,3)33(4)32-17-19-8-6-13-29(19)12-5-7-18-11-14-30-24(28-18)22(16-27-30)21-15-20(31)9-10-23(21)26/h9-11,14-16,19H,5-8,12-13,17H2,1-4H3/p+1/t19-,33?/m0/s1. The van der Waals surface area contributed by atoms with Gasteiger partial charge in [-0.1, -0.05) is 0 Å². The van der Waals surface area contributed by atoms with E-state index in [0.717, 1.165) is 38.2 Å². The van der Waals surface area contributed by atoms with E-state index in [4.69, 9.17) is 9.17 Å². The zero-order chi connectivity index (χ0) is 23.6. The van der Waals surface area contributed by atoms with Crippen LogP contribution in [0.1, 0.15) is 45.7 Å². The molecule has 0 aliphatic carbocycles. The molecule has 8 heteroatoms. The van der Waals surface area contributed by atoms with E-state index in [2.05, 4.69) is 37.0 Å². The second-order valence-electron chi connectivity index (χ2n) is 9.70. The Labute approximate surface area is 198 Å². The molecular formula is C25H34FN4O2S+. The molecular weight excluding hydrogens is 439 g/mol. The first-order valence-corrected chi connectivity index (χ1v) is 13.1. The van der Waals surface area contributed by atoms with Crippen molar-refractivity contribution in [2.45, 2.75) is 57.2 Å². The Bertz CT molecular complexity index is 1100. The maximum atomic E-state index is 14.4. The van der Waals surface area contributed by atoms with Crippen molar-refractivity contribution in [1.29, 1.82) is 0 Å². The number of halogens is 1. The van der Waals surface area contributed by atoms with Gasteiger partial charge < -0.3 is 5.11 Å². The Kier molecular flexibility index (Phi) is 7.26. The van der Waals surface area contributed by atoms with Gasteiger partial charge in [0, 0.05) is 29.1 Å². The number of hydrogen-bond donors (Lipinski definition) is 1. The highest BCUT2D eigenvalue weighted by Crippen LogP contribution is 2.29. The summed E-state index contributed by atoms with van der Waals surface area (Å²) in [6, 6.07) is 6.48. The average Bonchev–Trinajstić information content (AvgIpc) is 3.39. The Balaban J connectivity index is 1.38. The van der Waals surface area contributed by atoms with E-state index in [1.165, 1.54) is 31.0 Å². The number of phenolic OH excluding ortho intramolecular Hbond substituents is 1. The highest BCUT2D eigenvalue weighted by atomic mass is 32.2. The molecule has 0 amide bonds. The lowest BCUT2D eigenvalue weighted by atomic mass is 10.1. The molecule has 1 aliphatic heterocycles. The number of likely N-dealkylation sites (tertiary alicyclic amines) is 1. The Morgan fingerprint density at radius 1 is 1.24 bits per heavy atom. The molecule has 2 atom stereocenters. The monoisotopic (exact) mass is 473 g/mol. The number of hydrogen-bond acceptors (Lipinski definition) is 5. The summed E-state index contributed by atoms with van der Waals surface area (Å²) in [5.41, 5.74) is 2.44. The van der Waals surface area contributed by atoms with Gasteiger partial charge in [0.1, 0.15) is 35.6 Å². The highest BCUT2D eigenvalue weighted by Gasteiger charge is 2.34. The smallest absolute Gasteiger partial charge is 0.163 e. The van der Waals surface area contributed by atoms with Gasteiger partial charge in [-0.15, -0.1) is 0 Å². The van der Waals surface area contributed by atoms with E-state index in [9.17, 15) is 9.50 Å². The Morgan fingerprint density at radius 3 is 2.85 bits per heavy atom. The number of nitrogens with zero attached hydrogens (tertiary/aromatic N) is 4. The third kappa shape index (κ3) is 5.67. The topological polar surface area (TPSA) is 62.9 Å². The summed E-state index contributed by atoms with van der Waals surface area (Å²) in [6.45, 7) is 9.63. The Hall–Kier alpha value is -2.16. The van der Waals surface area contributed by atoms with E-state index in [0.29, 0.717) is 22.8 Å². The molecule has 3 heterocycles. The first-order chi connectivity index (χ1) is 15.7. The minimum Gasteiger partial charge on any atom is -0.508 e. The van der Waals surface area contributed by atoms with Crippen LogP contribution in [0, 0.1) is 5.82 Å². The summed E-state index contributed by atoms with van der Waals surface area (Å²) in [4.78, 5) is 7.31. The SMILES string of the molecule is C[S+](OC[C@@H]1CCCN1CCCc1ccn2ncc(-c3cc(O)ccc3F)c2n1)C(C)(C)C. The molecule has 1 aliphatic rings. The molecule has 33 heavy (non-hydrogen) atoms. The van der Waals surface area contributed by atoms with Crippen LogP contribution in [0.4, 0.5) is 4.39 Å². The van der Waals surface area contributed by atoms with Crippen LogP contribution in [0.25, 0.3) is 16.8 Å². The number of aryl methyl sites for hydroxylation is 1. The molecule has 0 radical (unpaired) electrons. The van der Waals surface area contributed by atoms with Gasteiger partial charge in [0.15, 0.2) is 10.4 Å². The number of phenols is 1. The zero-order valence-corrected chi connectivity index (χ0v) is 20.7. The second kappa shape index (κ2) is 9.99. The molecule has 0 spiro atoms. The third-order valence-electron chi connectivity index (χ3n) is 6.34. The van der Waals surface area contributed by atoms with Crippen molar-refractivity contribution in [3.63, 3.8) is 0 Å². The first kappa shape index (κ1) is 24.0. The van der Waals surface area contributed by atoms with Crippen LogP contribution in [0.3, 0.4) is 0 Å². The van der Waals surface area contributed by atoms with Gasteiger partial charge in [0.25, 0.3) is 0 Å². The highest BCUT2D eigenvalue weighted by molar-refractivity contribution is 7.93. The average molecular weight is 474 g/mol. The van der Waals surface area contributed by atoms with E-state index < -0.39 is 5.82 Å². The van der Waals surface area contributed by atoms with Crippen LogP contribution in [-0.2, 0) is 21.8 Å². The fraction of sp³-hybridized carbons (Fsp3) is 0.520. The van der Waals surface area contributed by atoms with Gasteiger partial charge >= 0.3 is 0 Å². The molecule has 0 bridgehead atoms. The predicted molar refractivity (Wildman–Crippen MR) is 132 cm³/mol. The molecule has 3 aromatic rings. The number of aromatic hydroxyl groups is 1. The van der Waals surface area contributed by atoms with Crippen molar-refractivity contribution in [1.82, 2.24) is 19.5 Å². The van der Waals surface area contributed by atoms with Gasteiger partial charge in [0.2, 0.25) is 0 Å². The molecule has 2 aromatic heterocycles. The number of fused-ring (bicyclic) bond motifs is 1. The summed E-state index contributed by atoms with van der Waals surface area (Å²) in [5, 5.41) is 14.1. The molecule has 1 saturated heterocycles. The van der Waals surface area contributed by atoms with Crippen LogP contribution in [0.5, 0.6) is 5.75 Å². The summed E-state index contributed by atoms with van der Waals surface area (Å²) in [5.74, 6) is -0.387. The third-order valence-corrected chi connectivity index (χ3v) is 8.56. The lowest BCUT2D eigenvalue weighted by Crippen LogP contribution is -2.37. The minimum absolute atomic E-state index is 0.0171. The minimum atomic E-state index is -0.404. The van der Waals surface area contributed by atoms with Crippen LogP contribution in [0.15, 0.2) is 36.7 Å². The van der Waals surface area contributed by atoms with Crippen LogP contribution in [0.2, 0.25) is 0 Å². The number of benzene rings is 1. The fourth-order valence-electron chi connectivity index (χ4n) is 4.15. The number of rotatable bonds is 8. The van der Waals surface area contributed by atoms with Crippen molar-refractivity contribution in [2.24, 2.45) is 0 Å². The molecule has 4 rings (SSSR count). The van der Waals surface area contributed by atoms with Crippen LogP contribution in [-0.4, -0.2) is 61.3 Å². The molecule has 1 aromatic carbocycles. The number of aromatic nitrogens is 3. The molecule has 1 N–H and O–H groups in total. The van der Waals surface area contributed by atoms with Crippen molar-refractivity contribution in [3.8, 4) is 16.9 Å². The van der Waals surface area contributed by atoms with Crippen molar-refractivity contribution in [2.75, 3.05) is 26.0 Å². The van der Waals surface area contributed by atoms with E-state index in [1.807, 2.05) is 12.3 Å². The lowest BCUT2D eigenvalue weighted by Gasteiger charge is -2.24. The maximum Gasteiger partial charge on any atom is 0.163 e. The van der Waals surface area contributed by atoms with Gasteiger partial charge in [-0.25, -0.2) is 13.9 Å². The van der Waals surface area contributed by atoms with Gasteiger partial charge in [-0.2, -0.15) is 9.28 Å². The predicted octanol–water partition coefficient (Wildman–Crippen LogP) is 4.62. The van der Waals surface area contributed by atoms with Gasteiger partial charge in [-0.3, -0.25) is 4.90 Å². The summed E-state index contributed by atoms with van der Waals surface area (Å²) < 4.78 is 22.4. The summed E-state index contributed by atoms with van der Waals surface area (Å²) >= 11 is -0.0519. The maximum absolute atomic E-state index is 14.4. The lowest BCUT2D eigenvalue weighted by molar-refractivity contribution is 0.182. The largest absolute Gasteiger partial charge is 0.508 e. The first-order valence-electron chi connectivity index (χ1n) is 11.6. The van der Waals surface area contributed by atoms with Crippen molar-refractivity contribution >= 4 is 16.8 Å². The van der Waals surface area contributed by atoms with Gasteiger partial charge in [-0.05, 0) is 83.8 Å². The molecule has 1 unspecified atom stereocenters. The molecule has 6 nitrogen and oxygen atoms in total. The molecule has 0 saturated carbocycles. The molecule has 178 valence electrons. The quantitative estimate of drug-likeness (QED) is 0.484. The van der Waals surface area contributed by atoms with Crippen molar-refractivity contribution in [3.05, 3.63) is 48.2 Å². The van der Waals surface area contributed by atoms with Crippen LogP contribution < -0.4 is 0 Å². The Morgan fingerprint density at radius 2 is 2.06 bits per heavy atom. The zero-order valence-electron chi connectivity index (χ0n) is 19.9. The van der Waals surface area contributed by atoms with E-state index in [1.54, 1.807) is 10.7 Å². The van der Waals surface area contributed by atoms with Gasteiger partial charge in [0.05, 0.1) is 6.20 Å². The molecule has 1 fully saturated rings. The van der Waals surface area contributed by atoms with E-state index >= 15 is 0 Å². The van der Waals surface area contributed by atoms with Crippen molar-refractivity contribution < 1.29 is 13.7 Å². The van der Waals surface area contributed by atoms with Crippen LogP contribution >= 0.6 is 0 Å². The summed E-state index contributed by atoms with van der Waals surface area (Å²) in [7, 11) is 0. The normalized spacial score (nSPS) is 18.3. The fourth-order valence-corrected chi connectivity index (χ4v) is 4.87.